The lowest BCUT2D eigenvalue weighted by molar-refractivity contribution is 0.545. The van der Waals surface area contributed by atoms with Crippen molar-refractivity contribution < 1.29 is 4.42 Å². The molecule has 0 spiro atoms. The molecule has 0 unspecified atom stereocenters. The Morgan fingerprint density at radius 2 is 1.95 bits per heavy atom. The number of aromatic amines is 1. The van der Waals surface area contributed by atoms with Crippen LogP contribution in [0.2, 0.25) is 0 Å². The highest BCUT2D eigenvalue weighted by Gasteiger charge is 2.11. The minimum Gasteiger partial charge on any atom is -0.460 e. The molecule has 4 nitrogen and oxygen atoms in total. The van der Waals surface area contributed by atoms with E-state index >= 15 is 0 Å². The topological polar surface area (TPSA) is 53.9 Å². The standard InChI is InChI=1S/C17H19N3O/c1-11-4-6-15(8-12(11)2)18-9-14-10-19-20-17(14)16-7-5-13(3)21-16/h4-8,10,18H,9H2,1-3H3,(H,19,20). The van der Waals surface area contributed by atoms with Crippen LogP contribution in [0.25, 0.3) is 11.5 Å². The van der Waals surface area contributed by atoms with E-state index in [0.29, 0.717) is 6.54 Å². The second-order valence-corrected chi connectivity index (χ2v) is 5.33. The van der Waals surface area contributed by atoms with Crippen LogP contribution in [0.1, 0.15) is 22.5 Å². The molecule has 2 heterocycles. The van der Waals surface area contributed by atoms with Gasteiger partial charge in [-0.15, -0.1) is 0 Å². The van der Waals surface area contributed by atoms with Gasteiger partial charge >= 0.3 is 0 Å². The first-order chi connectivity index (χ1) is 10.1. The number of nitrogens with zero attached hydrogens (tertiary/aromatic N) is 1. The van der Waals surface area contributed by atoms with Crippen LogP contribution in [0.15, 0.2) is 40.9 Å². The lowest BCUT2D eigenvalue weighted by atomic mass is 10.1. The van der Waals surface area contributed by atoms with E-state index in [-0.39, 0.29) is 0 Å². The van der Waals surface area contributed by atoms with Crippen LogP contribution in [-0.4, -0.2) is 10.2 Å². The highest BCUT2D eigenvalue weighted by atomic mass is 16.3. The molecule has 0 fully saturated rings. The van der Waals surface area contributed by atoms with Crippen LogP contribution >= 0.6 is 0 Å². The highest BCUT2D eigenvalue weighted by Crippen LogP contribution is 2.24. The van der Waals surface area contributed by atoms with Crippen molar-refractivity contribution in [1.82, 2.24) is 10.2 Å². The summed E-state index contributed by atoms with van der Waals surface area (Å²) in [4.78, 5) is 0. The molecule has 0 aliphatic heterocycles. The summed E-state index contributed by atoms with van der Waals surface area (Å²) in [7, 11) is 0. The number of furan rings is 1. The first kappa shape index (κ1) is 13.5. The minimum atomic E-state index is 0.702. The van der Waals surface area contributed by atoms with E-state index in [1.165, 1.54) is 11.1 Å². The van der Waals surface area contributed by atoms with E-state index in [4.69, 9.17) is 4.42 Å². The van der Waals surface area contributed by atoms with Crippen LogP contribution in [0.5, 0.6) is 0 Å². The van der Waals surface area contributed by atoms with Gasteiger partial charge in [0.1, 0.15) is 11.5 Å². The van der Waals surface area contributed by atoms with Gasteiger partial charge in [0.25, 0.3) is 0 Å². The smallest absolute Gasteiger partial charge is 0.152 e. The monoisotopic (exact) mass is 281 g/mol. The van der Waals surface area contributed by atoms with Crippen LogP contribution in [0, 0.1) is 20.8 Å². The molecule has 21 heavy (non-hydrogen) atoms. The average molecular weight is 281 g/mol. The molecule has 0 radical (unpaired) electrons. The molecular formula is C17H19N3O. The zero-order valence-electron chi connectivity index (χ0n) is 12.5. The zero-order chi connectivity index (χ0) is 14.8. The predicted octanol–water partition coefficient (Wildman–Crippen LogP) is 4.21. The lowest BCUT2D eigenvalue weighted by Gasteiger charge is -2.08. The van der Waals surface area contributed by atoms with Crippen LogP contribution < -0.4 is 5.32 Å². The highest BCUT2D eigenvalue weighted by molar-refractivity contribution is 5.58. The van der Waals surface area contributed by atoms with Gasteiger partial charge in [-0.3, -0.25) is 5.10 Å². The summed E-state index contributed by atoms with van der Waals surface area (Å²) in [5.41, 5.74) is 5.72. The van der Waals surface area contributed by atoms with Gasteiger partial charge in [0, 0.05) is 17.8 Å². The van der Waals surface area contributed by atoms with Gasteiger partial charge < -0.3 is 9.73 Å². The van der Waals surface area contributed by atoms with Crippen molar-refractivity contribution in [2.45, 2.75) is 27.3 Å². The average Bonchev–Trinajstić information content (AvgIpc) is 3.08. The molecule has 0 aliphatic rings. The molecule has 0 bridgehead atoms. The summed E-state index contributed by atoms with van der Waals surface area (Å²) in [6.07, 6.45) is 1.83. The molecule has 3 rings (SSSR count). The lowest BCUT2D eigenvalue weighted by Crippen LogP contribution is -2.00. The van der Waals surface area contributed by atoms with Crippen LogP contribution in [0.3, 0.4) is 0 Å². The van der Waals surface area contributed by atoms with Gasteiger partial charge in [0.05, 0.1) is 6.20 Å². The normalized spacial score (nSPS) is 10.8. The van der Waals surface area contributed by atoms with Gasteiger partial charge in [-0.2, -0.15) is 5.10 Å². The fourth-order valence-corrected chi connectivity index (χ4v) is 2.28. The Kier molecular flexibility index (Phi) is 3.52. The molecule has 1 aromatic carbocycles. The molecule has 0 saturated carbocycles. The molecule has 3 aromatic rings. The number of aryl methyl sites for hydroxylation is 3. The van der Waals surface area contributed by atoms with E-state index < -0.39 is 0 Å². The molecule has 0 atom stereocenters. The summed E-state index contributed by atoms with van der Waals surface area (Å²) in [5.74, 6) is 1.72. The van der Waals surface area contributed by atoms with E-state index in [1.54, 1.807) is 0 Å². The van der Waals surface area contributed by atoms with E-state index in [0.717, 1.165) is 28.5 Å². The fraction of sp³-hybridized carbons (Fsp3) is 0.235. The van der Waals surface area contributed by atoms with Crippen molar-refractivity contribution >= 4 is 5.69 Å². The Bertz CT molecular complexity index is 755. The maximum Gasteiger partial charge on any atom is 0.152 e. The number of rotatable bonds is 4. The maximum absolute atomic E-state index is 5.66. The number of anilines is 1. The van der Waals surface area contributed by atoms with Gasteiger partial charge in [0.15, 0.2) is 5.76 Å². The Labute approximate surface area is 124 Å². The second kappa shape index (κ2) is 5.48. The summed E-state index contributed by atoms with van der Waals surface area (Å²) in [6, 6.07) is 10.3. The van der Waals surface area contributed by atoms with E-state index in [9.17, 15) is 0 Å². The Morgan fingerprint density at radius 3 is 2.67 bits per heavy atom. The van der Waals surface area contributed by atoms with Crippen molar-refractivity contribution in [2.24, 2.45) is 0 Å². The largest absolute Gasteiger partial charge is 0.460 e. The number of hydrogen-bond donors (Lipinski definition) is 2. The van der Waals surface area contributed by atoms with Gasteiger partial charge in [-0.1, -0.05) is 6.07 Å². The van der Waals surface area contributed by atoms with Crippen molar-refractivity contribution in [3.05, 3.63) is 59.0 Å². The van der Waals surface area contributed by atoms with Crippen LogP contribution in [-0.2, 0) is 6.54 Å². The number of hydrogen-bond acceptors (Lipinski definition) is 3. The van der Waals surface area contributed by atoms with Gasteiger partial charge in [0.2, 0.25) is 0 Å². The SMILES string of the molecule is Cc1ccc(-c2[nH]ncc2CNc2ccc(C)c(C)c2)o1. The fourth-order valence-electron chi connectivity index (χ4n) is 2.28. The quantitative estimate of drug-likeness (QED) is 0.753. The predicted molar refractivity (Wildman–Crippen MR) is 84.3 cm³/mol. The number of nitrogens with one attached hydrogen (secondary N) is 2. The summed E-state index contributed by atoms with van der Waals surface area (Å²) in [5, 5.41) is 10.6. The van der Waals surface area contributed by atoms with Crippen molar-refractivity contribution in [2.75, 3.05) is 5.32 Å². The summed E-state index contributed by atoms with van der Waals surface area (Å²) in [6.45, 7) is 6.88. The van der Waals surface area contributed by atoms with Gasteiger partial charge in [-0.25, -0.2) is 0 Å². The first-order valence-electron chi connectivity index (χ1n) is 7.03. The Hall–Kier alpha value is -2.49. The minimum absolute atomic E-state index is 0.702. The molecular weight excluding hydrogens is 262 g/mol. The molecule has 2 aromatic heterocycles. The Morgan fingerprint density at radius 1 is 1.10 bits per heavy atom. The van der Waals surface area contributed by atoms with Crippen molar-refractivity contribution in [1.29, 1.82) is 0 Å². The zero-order valence-corrected chi connectivity index (χ0v) is 12.5. The molecule has 0 saturated heterocycles. The van der Waals surface area contributed by atoms with Crippen molar-refractivity contribution in [3.8, 4) is 11.5 Å². The van der Waals surface area contributed by atoms with Gasteiger partial charge in [-0.05, 0) is 56.2 Å². The number of H-pyrrole nitrogens is 1. The van der Waals surface area contributed by atoms with Crippen LogP contribution in [0.4, 0.5) is 5.69 Å². The first-order valence-corrected chi connectivity index (χ1v) is 7.03. The maximum atomic E-state index is 5.66. The molecule has 0 amide bonds. The number of benzene rings is 1. The third-order valence-corrected chi connectivity index (χ3v) is 3.69. The van der Waals surface area contributed by atoms with E-state index in [2.05, 4.69) is 47.6 Å². The number of aromatic nitrogens is 2. The second-order valence-electron chi connectivity index (χ2n) is 5.33. The molecule has 4 heteroatoms. The Balaban J connectivity index is 1.77. The van der Waals surface area contributed by atoms with E-state index in [1.807, 2.05) is 25.3 Å². The summed E-state index contributed by atoms with van der Waals surface area (Å²) < 4.78 is 5.66. The molecule has 0 aliphatic carbocycles. The third-order valence-electron chi connectivity index (χ3n) is 3.69. The van der Waals surface area contributed by atoms with Crippen molar-refractivity contribution in [3.63, 3.8) is 0 Å². The third kappa shape index (κ3) is 2.84. The molecule has 108 valence electrons. The molecule has 2 N–H and O–H groups in total. The summed E-state index contributed by atoms with van der Waals surface area (Å²) >= 11 is 0.